The first kappa shape index (κ1) is 17.0. The predicted molar refractivity (Wildman–Crippen MR) is 104 cm³/mol. The van der Waals surface area contributed by atoms with E-state index in [1.165, 1.54) is 4.90 Å². The number of rotatable bonds is 5. The van der Waals surface area contributed by atoms with Crippen molar-refractivity contribution in [2.24, 2.45) is 0 Å². The van der Waals surface area contributed by atoms with E-state index in [4.69, 9.17) is 14.7 Å². The van der Waals surface area contributed by atoms with Crippen LogP contribution in [0.1, 0.15) is 5.69 Å². The van der Waals surface area contributed by atoms with Gasteiger partial charge in [-0.2, -0.15) is 0 Å². The zero-order valence-corrected chi connectivity index (χ0v) is 15.2. The molecule has 0 N–H and O–H groups in total. The summed E-state index contributed by atoms with van der Waals surface area (Å²) in [5, 5.41) is 0. The SMILES string of the molecule is c1ccc(SCc2cc(N3CCOCC3)nc(-c3ccncc3)n2)cc1. The van der Waals surface area contributed by atoms with Gasteiger partial charge in [0.15, 0.2) is 5.82 Å². The van der Waals surface area contributed by atoms with Gasteiger partial charge in [-0.25, -0.2) is 9.97 Å². The van der Waals surface area contributed by atoms with Crippen molar-refractivity contribution >= 4 is 17.6 Å². The molecular formula is C20H20N4OS. The van der Waals surface area contributed by atoms with Crippen LogP contribution in [0.25, 0.3) is 11.4 Å². The maximum absolute atomic E-state index is 5.47. The number of nitrogens with zero attached hydrogens (tertiary/aromatic N) is 4. The molecule has 1 aromatic carbocycles. The molecule has 2 aromatic heterocycles. The number of thioether (sulfide) groups is 1. The molecular weight excluding hydrogens is 344 g/mol. The molecule has 1 fully saturated rings. The molecule has 3 aromatic rings. The Morgan fingerprint density at radius 1 is 0.962 bits per heavy atom. The molecule has 26 heavy (non-hydrogen) atoms. The first-order valence-corrected chi connectivity index (χ1v) is 9.66. The van der Waals surface area contributed by atoms with Gasteiger partial charge in [0.2, 0.25) is 0 Å². The number of pyridine rings is 1. The van der Waals surface area contributed by atoms with E-state index < -0.39 is 0 Å². The summed E-state index contributed by atoms with van der Waals surface area (Å²) < 4.78 is 5.47. The highest BCUT2D eigenvalue weighted by Crippen LogP contribution is 2.26. The molecule has 1 saturated heterocycles. The Hall–Kier alpha value is -2.44. The van der Waals surface area contributed by atoms with Gasteiger partial charge in [-0.05, 0) is 24.3 Å². The fourth-order valence-corrected chi connectivity index (χ4v) is 3.63. The third kappa shape index (κ3) is 4.20. The molecule has 3 heterocycles. The van der Waals surface area contributed by atoms with E-state index in [-0.39, 0.29) is 0 Å². The molecule has 0 amide bonds. The lowest BCUT2D eigenvalue weighted by Gasteiger charge is -2.28. The summed E-state index contributed by atoms with van der Waals surface area (Å²) in [4.78, 5) is 17.2. The standard InChI is InChI=1S/C20H20N4OS/c1-2-4-18(5-3-1)26-15-17-14-19(24-10-12-25-13-11-24)23-20(22-17)16-6-8-21-9-7-16/h1-9,14H,10-13,15H2. The summed E-state index contributed by atoms with van der Waals surface area (Å²) in [7, 11) is 0. The van der Waals surface area contributed by atoms with Gasteiger partial charge in [-0.1, -0.05) is 18.2 Å². The average molecular weight is 364 g/mol. The summed E-state index contributed by atoms with van der Waals surface area (Å²) in [6.07, 6.45) is 3.55. The van der Waals surface area contributed by atoms with Crippen molar-refractivity contribution in [3.05, 3.63) is 66.6 Å². The maximum Gasteiger partial charge on any atom is 0.161 e. The van der Waals surface area contributed by atoms with Crippen LogP contribution in [0.4, 0.5) is 5.82 Å². The fraction of sp³-hybridized carbons (Fsp3) is 0.250. The third-order valence-corrected chi connectivity index (χ3v) is 5.21. The molecule has 0 aliphatic carbocycles. The van der Waals surface area contributed by atoms with Gasteiger partial charge in [0.1, 0.15) is 5.82 Å². The van der Waals surface area contributed by atoms with E-state index in [2.05, 4.69) is 40.2 Å². The van der Waals surface area contributed by atoms with Gasteiger partial charge >= 0.3 is 0 Å². The lowest BCUT2D eigenvalue weighted by Crippen LogP contribution is -2.37. The largest absolute Gasteiger partial charge is 0.378 e. The Bertz CT molecular complexity index is 839. The lowest BCUT2D eigenvalue weighted by molar-refractivity contribution is 0.122. The molecule has 0 bridgehead atoms. The van der Waals surface area contributed by atoms with E-state index in [1.807, 2.05) is 18.2 Å². The van der Waals surface area contributed by atoms with Crippen molar-refractivity contribution in [2.75, 3.05) is 31.2 Å². The van der Waals surface area contributed by atoms with Crippen molar-refractivity contribution in [1.82, 2.24) is 15.0 Å². The fourth-order valence-electron chi connectivity index (χ4n) is 2.82. The second kappa shape index (κ2) is 8.29. The monoisotopic (exact) mass is 364 g/mol. The van der Waals surface area contributed by atoms with Crippen LogP contribution < -0.4 is 4.90 Å². The minimum absolute atomic E-state index is 0.739. The van der Waals surface area contributed by atoms with Crippen molar-refractivity contribution in [1.29, 1.82) is 0 Å². The van der Waals surface area contributed by atoms with Crippen molar-refractivity contribution < 1.29 is 4.74 Å². The number of morpholine rings is 1. The highest BCUT2D eigenvalue weighted by Gasteiger charge is 2.16. The summed E-state index contributed by atoms with van der Waals surface area (Å²) in [6.45, 7) is 3.20. The van der Waals surface area contributed by atoms with Crippen LogP contribution in [0.3, 0.4) is 0 Å². The highest BCUT2D eigenvalue weighted by molar-refractivity contribution is 7.98. The van der Waals surface area contributed by atoms with Crippen LogP contribution in [0.15, 0.2) is 65.8 Å². The maximum atomic E-state index is 5.47. The number of ether oxygens (including phenoxy) is 1. The third-order valence-electron chi connectivity index (χ3n) is 4.17. The average Bonchev–Trinajstić information content (AvgIpc) is 2.74. The molecule has 0 unspecified atom stereocenters. The molecule has 1 aliphatic heterocycles. The summed E-state index contributed by atoms with van der Waals surface area (Å²) >= 11 is 1.79. The van der Waals surface area contributed by atoms with Gasteiger partial charge in [-0.15, -0.1) is 11.8 Å². The van der Waals surface area contributed by atoms with E-state index in [1.54, 1.807) is 24.2 Å². The van der Waals surface area contributed by atoms with Crippen molar-refractivity contribution in [3.63, 3.8) is 0 Å². The molecule has 1 aliphatic rings. The molecule has 0 atom stereocenters. The van der Waals surface area contributed by atoms with Crippen LogP contribution in [0, 0.1) is 0 Å². The summed E-state index contributed by atoms with van der Waals surface area (Å²) in [5.74, 6) is 2.53. The van der Waals surface area contributed by atoms with Crippen LogP contribution in [-0.2, 0) is 10.5 Å². The molecule has 6 heteroatoms. The Balaban J connectivity index is 1.63. The number of hydrogen-bond acceptors (Lipinski definition) is 6. The number of benzene rings is 1. The minimum atomic E-state index is 0.739. The number of aromatic nitrogens is 3. The van der Waals surface area contributed by atoms with Gasteiger partial charge in [-0.3, -0.25) is 4.98 Å². The Morgan fingerprint density at radius 3 is 2.50 bits per heavy atom. The van der Waals surface area contributed by atoms with Crippen LogP contribution in [0.5, 0.6) is 0 Å². The second-order valence-electron chi connectivity index (χ2n) is 5.98. The van der Waals surface area contributed by atoms with E-state index in [0.717, 1.165) is 55.0 Å². The predicted octanol–water partition coefficient (Wildman–Crippen LogP) is 3.67. The highest BCUT2D eigenvalue weighted by atomic mass is 32.2. The molecule has 0 spiro atoms. The summed E-state index contributed by atoms with van der Waals surface area (Å²) in [5.41, 5.74) is 2.02. The lowest BCUT2D eigenvalue weighted by atomic mass is 10.2. The molecule has 132 valence electrons. The van der Waals surface area contributed by atoms with E-state index in [9.17, 15) is 0 Å². The van der Waals surface area contributed by atoms with Crippen LogP contribution in [0.2, 0.25) is 0 Å². The van der Waals surface area contributed by atoms with Gasteiger partial charge in [0.25, 0.3) is 0 Å². The molecule has 0 radical (unpaired) electrons. The smallest absolute Gasteiger partial charge is 0.161 e. The Labute approximate surface area is 157 Å². The quantitative estimate of drug-likeness (QED) is 0.644. The Morgan fingerprint density at radius 2 is 1.73 bits per heavy atom. The van der Waals surface area contributed by atoms with Gasteiger partial charge in [0, 0.05) is 47.8 Å². The Kier molecular flexibility index (Phi) is 5.42. The minimum Gasteiger partial charge on any atom is -0.378 e. The van der Waals surface area contributed by atoms with Crippen molar-refractivity contribution in [3.8, 4) is 11.4 Å². The second-order valence-corrected chi connectivity index (χ2v) is 7.03. The normalized spacial score (nSPS) is 14.4. The van der Waals surface area contributed by atoms with E-state index >= 15 is 0 Å². The van der Waals surface area contributed by atoms with Gasteiger partial charge in [0.05, 0.1) is 18.9 Å². The topological polar surface area (TPSA) is 51.1 Å². The first-order chi connectivity index (χ1) is 12.9. The summed E-state index contributed by atoms with van der Waals surface area (Å²) in [6, 6.07) is 16.4. The molecule has 0 saturated carbocycles. The van der Waals surface area contributed by atoms with Crippen LogP contribution >= 0.6 is 11.8 Å². The zero-order chi connectivity index (χ0) is 17.6. The zero-order valence-electron chi connectivity index (χ0n) is 14.4. The molecule has 4 rings (SSSR count). The van der Waals surface area contributed by atoms with Crippen LogP contribution in [-0.4, -0.2) is 41.3 Å². The first-order valence-electron chi connectivity index (χ1n) is 8.67. The van der Waals surface area contributed by atoms with Gasteiger partial charge < -0.3 is 9.64 Å². The molecule has 5 nitrogen and oxygen atoms in total. The number of anilines is 1. The number of hydrogen-bond donors (Lipinski definition) is 0. The van der Waals surface area contributed by atoms with E-state index in [0.29, 0.717) is 0 Å². The van der Waals surface area contributed by atoms with Crippen molar-refractivity contribution in [2.45, 2.75) is 10.6 Å².